The lowest BCUT2D eigenvalue weighted by Crippen LogP contribution is -2.38. The quantitative estimate of drug-likeness (QED) is 0.806. The Hall–Kier alpha value is -2.44. The van der Waals surface area contributed by atoms with Gasteiger partial charge in [-0.2, -0.15) is 5.21 Å². The van der Waals surface area contributed by atoms with Crippen molar-refractivity contribution in [2.75, 3.05) is 5.32 Å². The Balaban J connectivity index is 1.56. The van der Waals surface area contributed by atoms with Crippen LogP contribution in [0.5, 0.6) is 0 Å². The van der Waals surface area contributed by atoms with Crippen molar-refractivity contribution in [1.82, 2.24) is 25.9 Å². The molecule has 110 valence electrons. The number of aromatic amines is 1. The van der Waals surface area contributed by atoms with Crippen LogP contribution in [0.15, 0.2) is 24.3 Å². The van der Waals surface area contributed by atoms with Crippen molar-refractivity contribution in [3.63, 3.8) is 0 Å². The van der Waals surface area contributed by atoms with Crippen molar-refractivity contribution in [3.05, 3.63) is 24.3 Å². The highest BCUT2D eigenvalue weighted by Gasteiger charge is 2.15. The number of nitrogens with zero attached hydrogens (tertiary/aromatic N) is 3. The third-order valence-electron chi connectivity index (χ3n) is 3.69. The number of rotatable bonds is 3. The summed E-state index contributed by atoms with van der Waals surface area (Å²) in [5.41, 5.74) is 1.59. The fourth-order valence-corrected chi connectivity index (χ4v) is 2.59. The van der Waals surface area contributed by atoms with E-state index in [9.17, 15) is 4.79 Å². The molecule has 0 radical (unpaired) electrons. The minimum absolute atomic E-state index is 0.144. The molecule has 1 fully saturated rings. The molecule has 1 aromatic carbocycles. The number of carbonyl (C=O) groups excluding carboxylic acids is 1. The first kappa shape index (κ1) is 13.5. The third-order valence-corrected chi connectivity index (χ3v) is 3.69. The maximum atomic E-state index is 11.9. The monoisotopic (exact) mass is 286 g/mol. The first-order valence-corrected chi connectivity index (χ1v) is 7.23. The molecule has 7 nitrogen and oxygen atoms in total. The van der Waals surface area contributed by atoms with Gasteiger partial charge in [0.15, 0.2) is 0 Å². The van der Waals surface area contributed by atoms with E-state index in [4.69, 9.17) is 0 Å². The summed E-state index contributed by atoms with van der Waals surface area (Å²) in [5.74, 6) is 0.535. The molecule has 21 heavy (non-hydrogen) atoms. The van der Waals surface area contributed by atoms with Crippen LogP contribution in [0.3, 0.4) is 0 Å². The SMILES string of the molecule is O=C(Nc1ccc(-c2nn[nH]n2)cc1)NC1CCCCC1. The van der Waals surface area contributed by atoms with Crippen molar-refractivity contribution in [3.8, 4) is 11.4 Å². The third kappa shape index (κ3) is 3.56. The van der Waals surface area contributed by atoms with E-state index in [0.29, 0.717) is 11.9 Å². The normalized spacial score (nSPS) is 15.6. The maximum absolute atomic E-state index is 11.9. The van der Waals surface area contributed by atoms with E-state index in [0.717, 1.165) is 24.1 Å². The highest BCUT2D eigenvalue weighted by molar-refractivity contribution is 5.89. The fraction of sp³-hybridized carbons (Fsp3) is 0.429. The summed E-state index contributed by atoms with van der Waals surface area (Å²) in [5, 5.41) is 19.6. The zero-order valence-corrected chi connectivity index (χ0v) is 11.7. The zero-order valence-electron chi connectivity index (χ0n) is 11.7. The molecule has 0 spiro atoms. The van der Waals surface area contributed by atoms with E-state index < -0.39 is 0 Å². The molecule has 0 unspecified atom stereocenters. The van der Waals surface area contributed by atoms with Crippen LogP contribution in [0, 0.1) is 0 Å². The smallest absolute Gasteiger partial charge is 0.319 e. The van der Waals surface area contributed by atoms with Gasteiger partial charge in [-0.25, -0.2) is 4.79 Å². The van der Waals surface area contributed by atoms with E-state index in [2.05, 4.69) is 31.3 Å². The lowest BCUT2D eigenvalue weighted by Gasteiger charge is -2.22. The molecule has 0 bridgehead atoms. The second-order valence-corrected chi connectivity index (χ2v) is 5.25. The van der Waals surface area contributed by atoms with Crippen molar-refractivity contribution < 1.29 is 4.79 Å². The molecule has 1 saturated carbocycles. The molecule has 7 heteroatoms. The maximum Gasteiger partial charge on any atom is 0.319 e. The molecule has 0 aliphatic heterocycles. The van der Waals surface area contributed by atoms with Gasteiger partial charge in [0.05, 0.1) is 0 Å². The Labute approximate surface area is 122 Å². The van der Waals surface area contributed by atoms with Gasteiger partial charge < -0.3 is 10.6 Å². The zero-order chi connectivity index (χ0) is 14.5. The van der Waals surface area contributed by atoms with E-state index in [1.165, 1.54) is 19.3 Å². The Bertz CT molecular complexity index is 574. The van der Waals surface area contributed by atoms with Crippen LogP contribution in [0.25, 0.3) is 11.4 Å². The molecular formula is C14H18N6O. The van der Waals surface area contributed by atoms with Crippen LogP contribution < -0.4 is 10.6 Å². The Morgan fingerprint density at radius 2 is 1.90 bits per heavy atom. The van der Waals surface area contributed by atoms with Gasteiger partial charge in [-0.05, 0) is 42.3 Å². The molecule has 3 N–H and O–H groups in total. The van der Waals surface area contributed by atoms with Gasteiger partial charge in [0.1, 0.15) is 0 Å². The number of anilines is 1. The number of benzene rings is 1. The summed E-state index contributed by atoms with van der Waals surface area (Å²) in [6, 6.07) is 7.51. The summed E-state index contributed by atoms with van der Waals surface area (Å²) in [6.07, 6.45) is 5.82. The average molecular weight is 286 g/mol. The van der Waals surface area contributed by atoms with Crippen molar-refractivity contribution in [2.45, 2.75) is 38.1 Å². The van der Waals surface area contributed by atoms with E-state index >= 15 is 0 Å². The van der Waals surface area contributed by atoms with Crippen LogP contribution in [-0.4, -0.2) is 32.7 Å². The van der Waals surface area contributed by atoms with E-state index in [-0.39, 0.29) is 6.03 Å². The van der Waals surface area contributed by atoms with Gasteiger partial charge in [-0.15, -0.1) is 10.2 Å². The van der Waals surface area contributed by atoms with Gasteiger partial charge >= 0.3 is 6.03 Å². The van der Waals surface area contributed by atoms with E-state index in [1.54, 1.807) is 0 Å². The Morgan fingerprint density at radius 3 is 2.57 bits per heavy atom. The largest absolute Gasteiger partial charge is 0.335 e. The van der Waals surface area contributed by atoms with Crippen LogP contribution in [-0.2, 0) is 0 Å². The second-order valence-electron chi connectivity index (χ2n) is 5.25. The number of hydrogen-bond acceptors (Lipinski definition) is 4. The molecule has 1 aliphatic carbocycles. The molecule has 1 heterocycles. The molecular weight excluding hydrogens is 268 g/mol. The summed E-state index contributed by atoms with van der Waals surface area (Å²) >= 11 is 0. The van der Waals surface area contributed by atoms with Crippen molar-refractivity contribution >= 4 is 11.7 Å². The lowest BCUT2D eigenvalue weighted by atomic mass is 9.96. The summed E-state index contributed by atoms with van der Waals surface area (Å²) in [7, 11) is 0. The van der Waals surface area contributed by atoms with Crippen molar-refractivity contribution in [1.29, 1.82) is 0 Å². The summed E-state index contributed by atoms with van der Waals surface area (Å²) in [6.45, 7) is 0. The number of tetrazole rings is 1. The minimum atomic E-state index is -0.144. The summed E-state index contributed by atoms with van der Waals surface area (Å²) in [4.78, 5) is 11.9. The predicted octanol–water partition coefficient (Wildman–Crippen LogP) is 2.32. The highest BCUT2D eigenvalue weighted by atomic mass is 16.2. The lowest BCUT2D eigenvalue weighted by molar-refractivity contribution is 0.244. The summed E-state index contributed by atoms with van der Waals surface area (Å²) < 4.78 is 0. The molecule has 3 rings (SSSR count). The first-order chi connectivity index (χ1) is 10.3. The molecule has 0 atom stereocenters. The van der Waals surface area contributed by atoms with Crippen LogP contribution in [0.1, 0.15) is 32.1 Å². The Morgan fingerprint density at radius 1 is 1.14 bits per heavy atom. The number of carbonyl (C=O) groups is 1. The number of nitrogens with one attached hydrogen (secondary N) is 3. The van der Waals surface area contributed by atoms with Gasteiger partial charge in [0.2, 0.25) is 5.82 Å². The second kappa shape index (κ2) is 6.34. The molecule has 1 aromatic heterocycles. The number of hydrogen-bond donors (Lipinski definition) is 3. The van der Waals surface area contributed by atoms with Crippen molar-refractivity contribution in [2.24, 2.45) is 0 Å². The van der Waals surface area contributed by atoms with Gasteiger partial charge in [-0.3, -0.25) is 0 Å². The standard InChI is InChI=1S/C14H18N6O/c21-14(15-11-4-2-1-3-5-11)16-12-8-6-10(7-9-12)13-17-19-20-18-13/h6-9,11H,1-5H2,(H2,15,16,21)(H,17,18,19,20). The van der Waals surface area contributed by atoms with Gasteiger partial charge in [0.25, 0.3) is 0 Å². The molecule has 0 saturated heterocycles. The number of H-pyrrole nitrogens is 1. The number of aromatic nitrogens is 4. The molecule has 1 aliphatic rings. The molecule has 2 aromatic rings. The van der Waals surface area contributed by atoms with Crippen LogP contribution in [0.4, 0.5) is 10.5 Å². The minimum Gasteiger partial charge on any atom is -0.335 e. The predicted molar refractivity (Wildman–Crippen MR) is 78.6 cm³/mol. The van der Waals surface area contributed by atoms with Gasteiger partial charge in [-0.1, -0.05) is 19.3 Å². The number of amides is 2. The average Bonchev–Trinajstić information content (AvgIpc) is 3.03. The first-order valence-electron chi connectivity index (χ1n) is 7.23. The highest BCUT2D eigenvalue weighted by Crippen LogP contribution is 2.18. The van der Waals surface area contributed by atoms with Gasteiger partial charge in [0, 0.05) is 17.3 Å². The Kier molecular flexibility index (Phi) is 4.09. The van der Waals surface area contributed by atoms with Crippen LogP contribution >= 0.6 is 0 Å². The molecule has 2 amide bonds. The van der Waals surface area contributed by atoms with Crippen LogP contribution in [0.2, 0.25) is 0 Å². The fourth-order valence-electron chi connectivity index (χ4n) is 2.59. The van der Waals surface area contributed by atoms with E-state index in [1.807, 2.05) is 24.3 Å². The topological polar surface area (TPSA) is 95.6 Å². The number of urea groups is 1.